The molecule has 230 valence electrons. The van der Waals surface area contributed by atoms with Gasteiger partial charge in [-0.2, -0.15) is 0 Å². The first-order chi connectivity index (χ1) is 22.1. The number of hydrogen-bond acceptors (Lipinski definition) is 8. The highest BCUT2D eigenvalue weighted by molar-refractivity contribution is 8.00. The maximum atomic E-state index is 13.4. The fourth-order valence-electron chi connectivity index (χ4n) is 4.62. The van der Waals surface area contributed by atoms with Crippen molar-refractivity contribution in [3.05, 3.63) is 136 Å². The lowest BCUT2D eigenvalue weighted by molar-refractivity contribution is -0.384. The summed E-state index contributed by atoms with van der Waals surface area (Å²) in [5, 5.41) is 15.7. The van der Waals surface area contributed by atoms with Gasteiger partial charge in [0.1, 0.15) is 5.70 Å². The average molecular weight is 635 g/mol. The number of carbonyl (C=O) groups excluding carboxylic acids is 5. The molecule has 1 aliphatic rings. The van der Waals surface area contributed by atoms with E-state index in [2.05, 4.69) is 10.6 Å². The lowest BCUT2D eigenvalue weighted by Crippen LogP contribution is -2.31. The molecule has 2 N–H and O–H groups in total. The Morgan fingerprint density at radius 1 is 0.891 bits per heavy atom. The monoisotopic (exact) mass is 634 g/mol. The van der Waals surface area contributed by atoms with E-state index in [-0.39, 0.29) is 29.5 Å². The molecule has 12 heteroatoms. The van der Waals surface area contributed by atoms with Crippen molar-refractivity contribution in [2.45, 2.75) is 23.5 Å². The first-order valence-electron chi connectivity index (χ1n) is 14.0. The summed E-state index contributed by atoms with van der Waals surface area (Å²) >= 11 is 1.18. The largest absolute Gasteiger partial charge is 0.321 e. The second-order valence-electron chi connectivity index (χ2n) is 10.2. The molecule has 46 heavy (non-hydrogen) atoms. The van der Waals surface area contributed by atoms with E-state index >= 15 is 0 Å². The van der Waals surface area contributed by atoms with Crippen LogP contribution < -0.4 is 15.5 Å². The minimum atomic E-state index is -0.700. The van der Waals surface area contributed by atoms with E-state index in [1.165, 1.54) is 49.0 Å². The Balaban J connectivity index is 1.32. The number of rotatable bonds is 10. The van der Waals surface area contributed by atoms with Crippen LogP contribution in [0, 0.1) is 10.1 Å². The number of Topliss-reactive ketones (excluding diaryl/α,β-unsaturated/α-hetero) is 1. The minimum absolute atomic E-state index is 0.0256. The van der Waals surface area contributed by atoms with Gasteiger partial charge in [-0.25, -0.2) is 4.90 Å². The van der Waals surface area contributed by atoms with Crippen LogP contribution in [0.4, 0.5) is 17.1 Å². The van der Waals surface area contributed by atoms with E-state index < -0.39 is 27.9 Å². The van der Waals surface area contributed by atoms with Crippen LogP contribution in [0.1, 0.15) is 39.6 Å². The molecule has 0 aromatic heterocycles. The fraction of sp³-hybridized carbons (Fsp3) is 0.0882. The molecule has 1 saturated heterocycles. The van der Waals surface area contributed by atoms with Crippen LogP contribution in [0.25, 0.3) is 6.08 Å². The zero-order chi connectivity index (χ0) is 32.8. The Bertz CT molecular complexity index is 1870. The number of nitro groups is 1. The quantitative estimate of drug-likeness (QED) is 0.0748. The highest BCUT2D eigenvalue weighted by Crippen LogP contribution is 2.35. The molecule has 1 atom stereocenters. The molecule has 4 aromatic rings. The van der Waals surface area contributed by atoms with Crippen molar-refractivity contribution in [2.75, 3.05) is 10.2 Å². The summed E-state index contributed by atoms with van der Waals surface area (Å²) in [5.74, 6) is -2.07. The van der Waals surface area contributed by atoms with Crippen molar-refractivity contribution in [1.82, 2.24) is 5.32 Å². The molecule has 1 aliphatic heterocycles. The number of nitrogens with zero attached hydrogens (tertiary/aromatic N) is 2. The third kappa shape index (κ3) is 7.42. The lowest BCUT2D eigenvalue weighted by atomic mass is 10.1. The van der Waals surface area contributed by atoms with Gasteiger partial charge in [0.2, 0.25) is 11.8 Å². The van der Waals surface area contributed by atoms with Gasteiger partial charge < -0.3 is 10.6 Å². The number of amides is 4. The number of non-ortho nitro benzene ring substituents is 1. The molecular weight excluding hydrogens is 608 g/mol. The number of thioether (sulfide) groups is 1. The van der Waals surface area contributed by atoms with Crippen LogP contribution in [0.5, 0.6) is 0 Å². The van der Waals surface area contributed by atoms with Crippen LogP contribution >= 0.6 is 11.8 Å². The summed E-state index contributed by atoms with van der Waals surface area (Å²) in [5.41, 5.74) is 1.76. The molecular formula is C34H26N4O7S. The predicted molar refractivity (Wildman–Crippen MR) is 173 cm³/mol. The standard InChI is InChI=1S/C34H26N4O7S/c1-21(39)23-12-16-26(17-13-23)37-31(40)20-30(34(37)43)46-28-9-5-8-25(19-28)35-33(42)29(36-32(41)24-6-3-2-4-7-24)18-22-10-14-27(15-11-22)38(44)45/h2-19,30H,20H2,1H3,(H,35,42)(H,36,41). The Labute approximate surface area is 267 Å². The number of nitro benzene ring substituents is 1. The Morgan fingerprint density at radius 3 is 2.24 bits per heavy atom. The van der Waals surface area contributed by atoms with Crippen molar-refractivity contribution in [3.63, 3.8) is 0 Å². The number of imide groups is 1. The van der Waals surface area contributed by atoms with E-state index in [0.717, 1.165) is 4.90 Å². The number of carbonyl (C=O) groups is 5. The van der Waals surface area contributed by atoms with Gasteiger partial charge in [-0.3, -0.25) is 34.1 Å². The van der Waals surface area contributed by atoms with E-state index in [4.69, 9.17) is 0 Å². The van der Waals surface area contributed by atoms with Gasteiger partial charge >= 0.3 is 0 Å². The maximum absolute atomic E-state index is 13.4. The summed E-state index contributed by atoms with van der Waals surface area (Å²) in [6, 6.07) is 26.8. The van der Waals surface area contributed by atoms with Crippen LogP contribution in [0.15, 0.2) is 114 Å². The minimum Gasteiger partial charge on any atom is -0.321 e. The number of hydrogen-bond donors (Lipinski definition) is 2. The number of ketones is 1. The highest BCUT2D eigenvalue weighted by Gasteiger charge is 2.40. The molecule has 4 aromatic carbocycles. The summed E-state index contributed by atoms with van der Waals surface area (Å²) in [6.45, 7) is 1.43. The van der Waals surface area contributed by atoms with Crippen LogP contribution in [-0.4, -0.2) is 39.6 Å². The van der Waals surface area contributed by atoms with Crippen molar-refractivity contribution < 1.29 is 28.9 Å². The fourth-order valence-corrected chi connectivity index (χ4v) is 5.74. The second-order valence-corrected chi connectivity index (χ2v) is 11.5. The van der Waals surface area contributed by atoms with Crippen LogP contribution in [-0.2, 0) is 14.4 Å². The Kier molecular flexibility index (Phi) is 9.48. The van der Waals surface area contributed by atoms with E-state index in [9.17, 15) is 34.1 Å². The van der Waals surface area contributed by atoms with Gasteiger partial charge in [0.25, 0.3) is 17.5 Å². The van der Waals surface area contributed by atoms with E-state index in [1.54, 1.807) is 78.9 Å². The zero-order valence-electron chi connectivity index (χ0n) is 24.3. The van der Waals surface area contributed by atoms with Gasteiger partial charge in [-0.05, 0) is 85.3 Å². The molecule has 11 nitrogen and oxygen atoms in total. The van der Waals surface area contributed by atoms with Gasteiger partial charge in [0, 0.05) is 40.3 Å². The molecule has 0 aliphatic carbocycles. The maximum Gasteiger partial charge on any atom is 0.272 e. The third-order valence-electron chi connectivity index (χ3n) is 6.95. The second kappa shape index (κ2) is 13.8. The predicted octanol–water partition coefficient (Wildman–Crippen LogP) is 5.63. The van der Waals surface area contributed by atoms with E-state index in [1.807, 2.05) is 0 Å². The first-order valence-corrected chi connectivity index (χ1v) is 14.9. The Morgan fingerprint density at radius 2 is 1.59 bits per heavy atom. The third-order valence-corrected chi connectivity index (χ3v) is 8.13. The van der Waals surface area contributed by atoms with Gasteiger partial charge in [0.15, 0.2) is 5.78 Å². The average Bonchev–Trinajstić information content (AvgIpc) is 3.33. The molecule has 0 spiro atoms. The summed E-state index contributed by atoms with van der Waals surface area (Å²) < 4.78 is 0. The SMILES string of the molecule is CC(=O)c1ccc(N2C(=O)CC(Sc3cccc(NC(=O)C(=Cc4ccc([N+](=O)[O-])cc4)NC(=O)c4ccccc4)c3)C2=O)cc1. The number of nitrogens with one attached hydrogen (secondary N) is 2. The van der Waals surface area contributed by atoms with E-state index in [0.29, 0.717) is 33.0 Å². The van der Waals surface area contributed by atoms with Crippen molar-refractivity contribution in [3.8, 4) is 0 Å². The van der Waals surface area contributed by atoms with Gasteiger partial charge in [-0.1, -0.05) is 24.3 Å². The molecule has 5 rings (SSSR count). The van der Waals surface area contributed by atoms with Gasteiger partial charge in [-0.15, -0.1) is 11.8 Å². The molecule has 0 radical (unpaired) electrons. The molecule has 0 bridgehead atoms. The van der Waals surface area contributed by atoms with Crippen molar-refractivity contribution >= 4 is 64.3 Å². The molecule has 1 fully saturated rings. The van der Waals surface area contributed by atoms with Crippen molar-refractivity contribution in [1.29, 1.82) is 0 Å². The lowest BCUT2D eigenvalue weighted by Gasteiger charge is -2.15. The molecule has 1 unspecified atom stereocenters. The molecule has 1 heterocycles. The zero-order valence-corrected chi connectivity index (χ0v) is 25.2. The smallest absolute Gasteiger partial charge is 0.272 e. The van der Waals surface area contributed by atoms with Gasteiger partial charge in [0.05, 0.1) is 15.9 Å². The number of anilines is 2. The number of benzene rings is 4. The van der Waals surface area contributed by atoms with Crippen LogP contribution in [0.2, 0.25) is 0 Å². The summed E-state index contributed by atoms with van der Waals surface area (Å²) in [4.78, 5) is 76.2. The molecule has 0 saturated carbocycles. The first kappa shape index (κ1) is 31.5. The normalized spacial score (nSPS) is 14.6. The summed E-state index contributed by atoms with van der Waals surface area (Å²) in [7, 11) is 0. The Hall–Kier alpha value is -5.88. The highest BCUT2D eigenvalue weighted by atomic mass is 32.2. The molecule has 4 amide bonds. The summed E-state index contributed by atoms with van der Waals surface area (Å²) in [6.07, 6.45) is 1.38. The van der Waals surface area contributed by atoms with Crippen LogP contribution in [0.3, 0.4) is 0 Å². The topological polar surface area (TPSA) is 156 Å². The van der Waals surface area contributed by atoms with Crippen molar-refractivity contribution in [2.24, 2.45) is 0 Å².